The van der Waals surface area contributed by atoms with Crippen LogP contribution in [0.15, 0.2) is 53.6 Å². The lowest BCUT2D eigenvalue weighted by Crippen LogP contribution is -2.32. The summed E-state index contributed by atoms with van der Waals surface area (Å²) in [4.78, 5) is 25.0. The number of para-hydroxylation sites is 1. The SMILES string of the molecule is CC(C)CN(CC(C)C)c1ccc([N+](=O)[O-])cc1C=NNC(=O)COc1ccccc1. The Hall–Kier alpha value is -3.42. The Labute approximate surface area is 183 Å². The molecule has 2 aromatic rings. The zero-order chi connectivity index (χ0) is 22.8. The van der Waals surface area contributed by atoms with Crippen LogP contribution in [-0.2, 0) is 4.79 Å². The molecule has 2 aromatic carbocycles. The van der Waals surface area contributed by atoms with Crippen molar-refractivity contribution in [3.63, 3.8) is 0 Å². The maximum atomic E-state index is 12.0. The molecule has 1 amide bonds. The Morgan fingerprint density at radius 1 is 1.13 bits per heavy atom. The minimum absolute atomic E-state index is 0.0296. The molecule has 0 aliphatic heterocycles. The first kappa shape index (κ1) is 23.9. The standard InChI is InChI=1S/C23H30N4O4/c1-17(2)14-26(15-18(3)4)22-11-10-20(27(29)30)12-19(22)13-24-25-23(28)16-31-21-8-6-5-7-9-21/h5-13,17-18H,14-16H2,1-4H3,(H,25,28). The number of hydrogen-bond acceptors (Lipinski definition) is 6. The topological polar surface area (TPSA) is 97.1 Å². The predicted octanol–water partition coefficient (Wildman–Crippen LogP) is 4.24. The zero-order valence-electron chi connectivity index (χ0n) is 18.4. The number of hydrogen-bond donors (Lipinski definition) is 1. The molecule has 1 N–H and O–H groups in total. The molecule has 0 atom stereocenters. The fourth-order valence-electron chi connectivity index (χ4n) is 3.07. The summed E-state index contributed by atoms with van der Waals surface area (Å²) in [5, 5.41) is 15.3. The van der Waals surface area contributed by atoms with Crippen molar-refractivity contribution in [1.82, 2.24) is 5.43 Å². The summed E-state index contributed by atoms with van der Waals surface area (Å²) in [5.41, 5.74) is 3.79. The lowest BCUT2D eigenvalue weighted by Gasteiger charge is -2.29. The molecule has 0 radical (unpaired) electrons. The van der Waals surface area contributed by atoms with E-state index in [1.165, 1.54) is 18.3 Å². The molecule has 0 saturated carbocycles. The number of ether oxygens (including phenoxy) is 1. The Kier molecular flexibility index (Phi) is 8.99. The number of nitro benzene ring substituents is 1. The molecule has 0 aromatic heterocycles. The zero-order valence-corrected chi connectivity index (χ0v) is 18.4. The highest BCUT2D eigenvalue weighted by Crippen LogP contribution is 2.26. The number of anilines is 1. The highest BCUT2D eigenvalue weighted by Gasteiger charge is 2.17. The summed E-state index contributed by atoms with van der Waals surface area (Å²) >= 11 is 0. The van der Waals surface area contributed by atoms with Gasteiger partial charge in [-0.05, 0) is 30.0 Å². The Balaban J connectivity index is 2.16. The summed E-state index contributed by atoms with van der Waals surface area (Å²) in [6.45, 7) is 9.91. The summed E-state index contributed by atoms with van der Waals surface area (Å²) < 4.78 is 5.39. The largest absolute Gasteiger partial charge is 0.484 e. The van der Waals surface area contributed by atoms with Crippen LogP contribution in [0.1, 0.15) is 33.3 Å². The predicted molar refractivity (Wildman–Crippen MR) is 123 cm³/mol. The number of carbonyl (C=O) groups excluding carboxylic acids is 1. The van der Waals surface area contributed by atoms with Crippen LogP contribution in [-0.4, -0.2) is 36.7 Å². The van der Waals surface area contributed by atoms with Crippen LogP contribution in [0.4, 0.5) is 11.4 Å². The summed E-state index contributed by atoms with van der Waals surface area (Å²) in [7, 11) is 0. The Morgan fingerprint density at radius 3 is 2.35 bits per heavy atom. The van der Waals surface area contributed by atoms with E-state index in [-0.39, 0.29) is 12.3 Å². The van der Waals surface area contributed by atoms with E-state index in [2.05, 4.69) is 43.1 Å². The second kappa shape index (κ2) is 11.7. The van der Waals surface area contributed by atoms with E-state index in [0.29, 0.717) is 23.1 Å². The Morgan fingerprint density at radius 2 is 1.77 bits per heavy atom. The van der Waals surface area contributed by atoms with Crippen LogP contribution in [0, 0.1) is 22.0 Å². The van der Waals surface area contributed by atoms with Gasteiger partial charge in [0, 0.05) is 36.5 Å². The van der Waals surface area contributed by atoms with Gasteiger partial charge in [0.25, 0.3) is 11.6 Å². The third kappa shape index (κ3) is 8.08. The average molecular weight is 427 g/mol. The third-order valence-corrected chi connectivity index (χ3v) is 4.24. The number of nitrogens with one attached hydrogen (secondary N) is 1. The molecular weight excluding hydrogens is 396 g/mol. The average Bonchev–Trinajstić information content (AvgIpc) is 2.71. The first-order chi connectivity index (χ1) is 14.8. The van der Waals surface area contributed by atoms with Gasteiger partial charge in [-0.25, -0.2) is 5.43 Å². The van der Waals surface area contributed by atoms with Crippen molar-refractivity contribution < 1.29 is 14.5 Å². The number of hydrazone groups is 1. The van der Waals surface area contributed by atoms with Gasteiger partial charge >= 0.3 is 0 Å². The van der Waals surface area contributed by atoms with Crippen molar-refractivity contribution in [2.75, 3.05) is 24.6 Å². The number of non-ortho nitro benzene ring substituents is 1. The second-order valence-corrected chi connectivity index (χ2v) is 8.09. The van der Waals surface area contributed by atoms with Gasteiger partial charge in [-0.2, -0.15) is 5.10 Å². The van der Waals surface area contributed by atoms with Crippen molar-refractivity contribution in [2.45, 2.75) is 27.7 Å². The fraction of sp³-hybridized carbons (Fsp3) is 0.391. The summed E-state index contributed by atoms with van der Waals surface area (Å²) in [6, 6.07) is 13.7. The van der Waals surface area contributed by atoms with Crippen molar-refractivity contribution in [1.29, 1.82) is 0 Å². The number of nitro groups is 1. The van der Waals surface area contributed by atoms with Gasteiger partial charge < -0.3 is 9.64 Å². The van der Waals surface area contributed by atoms with E-state index in [1.54, 1.807) is 18.2 Å². The summed E-state index contributed by atoms with van der Waals surface area (Å²) in [6.07, 6.45) is 1.44. The smallest absolute Gasteiger partial charge is 0.277 e. The first-order valence-electron chi connectivity index (χ1n) is 10.3. The lowest BCUT2D eigenvalue weighted by molar-refractivity contribution is -0.384. The molecule has 0 bridgehead atoms. The highest BCUT2D eigenvalue weighted by molar-refractivity contribution is 5.90. The van der Waals surface area contributed by atoms with Gasteiger partial charge in [0.15, 0.2) is 6.61 Å². The third-order valence-electron chi connectivity index (χ3n) is 4.24. The molecule has 166 valence electrons. The quantitative estimate of drug-likeness (QED) is 0.329. The van der Waals surface area contributed by atoms with E-state index in [0.717, 1.165) is 18.8 Å². The summed E-state index contributed by atoms with van der Waals surface area (Å²) in [5.74, 6) is 0.982. The highest BCUT2D eigenvalue weighted by atomic mass is 16.6. The van der Waals surface area contributed by atoms with Crippen molar-refractivity contribution in [2.24, 2.45) is 16.9 Å². The normalized spacial score (nSPS) is 11.2. The molecule has 8 heteroatoms. The number of amides is 1. The van der Waals surface area contributed by atoms with E-state index in [4.69, 9.17) is 4.74 Å². The van der Waals surface area contributed by atoms with Crippen LogP contribution in [0.5, 0.6) is 5.75 Å². The molecule has 0 spiro atoms. The van der Waals surface area contributed by atoms with E-state index in [1.807, 2.05) is 18.2 Å². The van der Waals surface area contributed by atoms with Gasteiger partial charge in [0.1, 0.15) is 5.75 Å². The minimum Gasteiger partial charge on any atom is -0.484 e. The van der Waals surface area contributed by atoms with Crippen LogP contribution in [0.25, 0.3) is 0 Å². The van der Waals surface area contributed by atoms with Crippen LogP contribution >= 0.6 is 0 Å². The van der Waals surface area contributed by atoms with Crippen LogP contribution in [0.3, 0.4) is 0 Å². The van der Waals surface area contributed by atoms with E-state index < -0.39 is 10.8 Å². The van der Waals surface area contributed by atoms with Gasteiger partial charge in [-0.1, -0.05) is 45.9 Å². The molecular formula is C23H30N4O4. The molecule has 8 nitrogen and oxygen atoms in total. The number of rotatable bonds is 11. The fourth-order valence-corrected chi connectivity index (χ4v) is 3.07. The van der Waals surface area contributed by atoms with Gasteiger partial charge in [0.05, 0.1) is 11.1 Å². The molecule has 0 saturated heterocycles. The van der Waals surface area contributed by atoms with Crippen molar-refractivity contribution in [3.8, 4) is 5.75 Å². The monoisotopic (exact) mass is 426 g/mol. The molecule has 31 heavy (non-hydrogen) atoms. The van der Waals surface area contributed by atoms with Gasteiger partial charge in [0.2, 0.25) is 0 Å². The maximum Gasteiger partial charge on any atom is 0.277 e. The van der Waals surface area contributed by atoms with Crippen LogP contribution < -0.4 is 15.1 Å². The molecule has 0 unspecified atom stereocenters. The first-order valence-corrected chi connectivity index (χ1v) is 10.3. The van der Waals surface area contributed by atoms with E-state index in [9.17, 15) is 14.9 Å². The number of benzene rings is 2. The molecule has 0 aliphatic carbocycles. The molecule has 0 fully saturated rings. The number of carbonyl (C=O) groups is 1. The lowest BCUT2D eigenvalue weighted by atomic mass is 10.1. The van der Waals surface area contributed by atoms with Gasteiger partial charge in [-0.15, -0.1) is 0 Å². The number of nitrogens with zero attached hydrogens (tertiary/aromatic N) is 3. The van der Waals surface area contributed by atoms with Crippen molar-refractivity contribution in [3.05, 3.63) is 64.2 Å². The maximum absolute atomic E-state index is 12.0. The van der Waals surface area contributed by atoms with Gasteiger partial charge in [-0.3, -0.25) is 14.9 Å². The Bertz CT molecular complexity index is 888. The molecule has 2 rings (SSSR count). The molecule has 0 aliphatic rings. The van der Waals surface area contributed by atoms with Crippen LogP contribution in [0.2, 0.25) is 0 Å². The van der Waals surface area contributed by atoms with Crippen molar-refractivity contribution >= 4 is 23.5 Å². The minimum atomic E-state index is -0.442. The van der Waals surface area contributed by atoms with E-state index >= 15 is 0 Å². The second-order valence-electron chi connectivity index (χ2n) is 8.09. The molecule has 0 heterocycles.